The van der Waals surface area contributed by atoms with Crippen molar-refractivity contribution in [2.75, 3.05) is 11.6 Å². The topological polar surface area (TPSA) is 39.5 Å². The number of aryl methyl sites for hydroxylation is 1. The summed E-state index contributed by atoms with van der Waals surface area (Å²) in [6, 6.07) is 6.14. The van der Waals surface area contributed by atoms with E-state index in [1.165, 1.54) is 5.56 Å². The molecular formula is C10H11N3. The number of hydrogen-bond donors (Lipinski definition) is 1. The largest absolute Gasteiger partial charge is 0.243 e. The maximum absolute atomic E-state index is 7.00. The number of hydrogen-bond acceptors (Lipinski definition) is 2. The van der Waals surface area contributed by atoms with Gasteiger partial charge in [-0.3, -0.25) is 0 Å². The average Bonchev–Trinajstić information content (AvgIpc) is 2.16. The fourth-order valence-corrected chi connectivity index (χ4v) is 1.52. The van der Waals surface area contributed by atoms with Gasteiger partial charge in [0.2, 0.25) is 0 Å². The Hall–Kier alpha value is -1.64. The summed E-state index contributed by atoms with van der Waals surface area (Å²) in [7, 11) is 0. The van der Waals surface area contributed by atoms with Gasteiger partial charge in [0.25, 0.3) is 0 Å². The Kier molecular flexibility index (Phi) is 1.85. The average molecular weight is 173 g/mol. The number of fused-ring (bicyclic) bond motifs is 1. The van der Waals surface area contributed by atoms with Gasteiger partial charge in [-0.1, -0.05) is 29.0 Å². The molecule has 13 heavy (non-hydrogen) atoms. The summed E-state index contributed by atoms with van der Waals surface area (Å²) < 4.78 is 0. The number of benzene rings is 1. The Morgan fingerprint density at radius 3 is 3.08 bits per heavy atom. The number of nitrogens with one attached hydrogen (secondary N) is 1. The van der Waals surface area contributed by atoms with Crippen LogP contribution in [0.25, 0.3) is 6.08 Å². The molecule has 3 heteroatoms. The molecule has 0 saturated carbocycles. The van der Waals surface area contributed by atoms with Gasteiger partial charge in [0.1, 0.15) is 0 Å². The van der Waals surface area contributed by atoms with Crippen LogP contribution in [0.1, 0.15) is 11.1 Å². The van der Waals surface area contributed by atoms with Crippen LogP contribution in [0.3, 0.4) is 0 Å². The third-order valence-corrected chi connectivity index (χ3v) is 2.16. The van der Waals surface area contributed by atoms with Crippen LogP contribution in [-0.4, -0.2) is 6.54 Å². The summed E-state index contributed by atoms with van der Waals surface area (Å²) in [5, 5.41) is 5.13. The van der Waals surface area contributed by atoms with Crippen LogP contribution in [0, 0.1) is 12.5 Å². The van der Waals surface area contributed by atoms with E-state index in [-0.39, 0.29) is 0 Å². The third-order valence-electron chi connectivity index (χ3n) is 2.16. The normalized spacial score (nSPS) is 14.1. The summed E-state index contributed by atoms with van der Waals surface area (Å²) in [5.41, 5.74) is 10.4. The molecule has 66 valence electrons. The van der Waals surface area contributed by atoms with Crippen LogP contribution < -0.4 is 5.01 Å². The van der Waals surface area contributed by atoms with Gasteiger partial charge in [0.15, 0.2) is 0 Å². The van der Waals surface area contributed by atoms with E-state index in [0.29, 0.717) is 6.54 Å². The number of anilines is 1. The maximum Gasteiger partial charge on any atom is 0.0687 e. The van der Waals surface area contributed by atoms with Gasteiger partial charge in [-0.2, -0.15) is 5.53 Å². The van der Waals surface area contributed by atoms with E-state index < -0.39 is 0 Å². The van der Waals surface area contributed by atoms with E-state index in [1.54, 1.807) is 5.01 Å². The molecule has 1 heterocycles. The molecule has 1 aliphatic heterocycles. The smallest absolute Gasteiger partial charge is 0.0687 e. The molecule has 1 aromatic rings. The lowest BCUT2D eigenvalue weighted by Crippen LogP contribution is -2.18. The lowest BCUT2D eigenvalue weighted by atomic mass is 10.1. The first kappa shape index (κ1) is 7.98. The zero-order chi connectivity index (χ0) is 9.26. The highest BCUT2D eigenvalue weighted by atomic mass is 15.5. The molecule has 1 N–H and O–H groups in total. The van der Waals surface area contributed by atoms with Crippen LogP contribution in [0.2, 0.25) is 0 Å². The predicted octanol–water partition coefficient (Wildman–Crippen LogP) is 2.77. The van der Waals surface area contributed by atoms with Crippen molar-refractivity contribution in [1.29, 1.82) is 5.53 Å². The summed E-state index contributed by atoms with van der Waals surface area (Å²) in [6.45, 7) is 2.75. The van der Waals surface area contributed by atoms with E-state index in [0.717, 1.165) is 11.3 Å². The van der Waals surface area contributed by atoms with Crippen LogP contribution in [0.4, 0.5) is 5.69 Å². The molecule has 0 saturated heterocycles. The zero-order valence-electron chi connectivity index (χ0n) is 7.49. The lowest BCUT2D eigenvalue weighted by Gasteiger charge is -2.21. The van der Waals surface area contributed by atoms with Gasteiger partial charge in [0.05, 0.1) is 12.2 Å². The van der Waals surface area contributed by atoms with Gasteiger partial charge in [-0.05, 0) is 24.6 Å². The molecule has 0 fully saturated rings. The minimum atomic E-state index is 0.694. The molecule has 0 amide bonds. The van der Waals surface area contributed by atoms with Crippen molar-refractivity contribution in [3.05, 3.63) is 35.4 Å². The summed E-state index contributed by atoms with van der Waals surface area (Å²) in [5.74, 6) is 0. The summed E-state index contributed by atoms with van der Waals surface area (Å²) >= 11 is 0. The summed E-state index contributed by atoms with van der Waals surface area (Å²) in [6.07, 6.45) is 4.09. The SMILES string of the molecule is Cc1ccc2c(c1)C=CCN2N=N. The Morgan fingerprint density at radius 1 is 1.46 bits per heavy atom. The van der Waals surface area contributed by atoms with Crippen molar-refractivity contribution < 1.29 is 0 Å². The molecule has 0 atom stereocenters. The van der Waals surface area contributed by atoms with Gasteiger partial charge >= 0.3 is 0 Å². The highest BCUT2D eigenvalue weighted by Gasteiger charge is 2.11. The fourth-order valence-electron chi connectivity index (χ4n) is 1.52. The standard InChI is InChI=1S/C10H11N3/c1-8-4-5-10-9(7-8)3-2-6-13(10)12-11/h2-5,7,11H,6H2,1H3. The van der Waals surface area contributed by atoms with Crippen molar-refractivity contribution in [2.45, 2.75) is 6.92 Å². The second-order valence-electron chi connectivity index (χ2n) is 3.15. The molecule has 1 aromatic carbocycles. The molecule has 0 aliphatic carbocycles. The van der Waals surface area contributed by atoms with Crippen LogP contribution in [0.5, 0.6) is 0 Å². The Labute approximate surface area is 77.2 Å². The molecule has 0 aromatic heterocycles. The molecular weight excluding hydrogens is 162 g/mol. The number of rotatable bonds is 1. The molecule has 0 unspecified atom stereocenters. The molecule has 2 rings (SSSR count). The third kappa shape index (κ3) is 1.33. The Morgan fingerprint density at radius 2 is 2.31 bits per heavy atom. The maximum atomic E-state index is 7.00. The van der Waals surface area contributed by atoms with Gasteiger partial charge < -0.3 is 0 Å². The molecule has 0 bridgehead atoms. The monoisotopic (exact) mass is 173 g/mol. The zero-order valence-corrected chi connectivity index (χ0v) is 7.49. The molecule has 0 radical (unpaired) electrons. The Balaban J connectivity index is 2.53. The van der Waals surface area contributed by atoms with E-state index in [9.17, 15) is 0 Å². The van der Waals surface area contributed by atoms with Crippen LogP contribution in [0.15, 0.2) is 29.5 Å². The van der Waals surface area contributed by atoms with E-state index in [1.807, 2.05) is 18.2 Å². The van der Waals surface area contributed by atoms with E-state index in [2.05, 4.69) is 24.3 Å². The van der Waals surface area contributed by atoms with Crippen molar-refractivity contribution in [2.24, 2.45) is 5.22 Å². The van der Waals surface area contributed by atoms with Crippen molar-refractivity contribution in [3.8, 4) is 0 Å². The summed E-state index contributed by atoms with van der Waals surface area (Å²) in [4.78, 5) is 0. The fraction of sp³-hybridized carbons (Fsp3) is 0.200. The van der Waals surface area contributed by atoms with E-state index in [4.69, 9.17) is 5.53 Å². The predicted molar refractivity (Wildman–Crippen MR) is 52.7 cm³/mol. The number of nitrogens with zero attached hydrogens (tertiary/aromatic N) is 2. The molecule has 1 aliphatic rings. The minimum Gasteiger partial charge on any atom is -0.243 e. The van der Waals surface area contributed by atoms with Crippen molar-refractivity contribution >= 4 is 11.8 Å². The van der Waals surface area contributed by atoms with E-state index >= 15 is 0 Å². The first-order chi connectivity index (χ1) is 6.31. The first-order valence-electron chi connectivity index (χ1n) is 4.23. The quantitative estimate of drug-likeness (QED) is 0.651. The minimum absolute atomic E-state index is 0.694. The van der Waals surface area contributed by atoms with Gasteiger partial charge in [-0.25, -0.2) is 5.01 Å². The molecule has 0 spiro atoms. The van der Waals surface area contributed by atoms with Crippen molar-refractivity contribution in [3.63, 3.8) is 0 Å². The van der Waals surface area contributed by atoms with Gasteiger partial charge in [-0.15, -0.1) is 0 Å². The van der Waals surface area contributed by atoms with Crippen LogP contribution >= 0.6 is 0 Å². The highest BCUT2D eigenvalue weighted by Crippen LogP contribution is 2.26. The van der Waals surface area contributed by atoms with Gasteiger partial charge in [0, 0.05) is 0 Å². The van der Waals surface area contributed by atoms with Crippen molar-refractivity contribution in [1.82, 2.24) is 0 Å². The second kappa shape index (κ2) is 3.01. The molecule has 3 nitrogen and oxygen atoms in total. The Bertz CT molecular complexity index is 368. The second-order valence-corrected chi connectivity index (χ2v) is 3.15. The van der Waals surface area contributed by atoms with Crippen LogP contribution in [-0.2, 0) is 0 Å². The first-order valence-corrected chi connectivity index (χ1v) is 4.23. The lowest BCUT2D eigenvalue weighted by molar-refractivity contribution is 0.827. The highest BCUT2D eigenvalue weighted by molar-refractivity contribution is 5.71.